The molecule has 3 rings (SSSR count). The number of aryl methyl sites for hydroxylation is 1. The Balaban J connectivity index is 1.77. The maximum Gasteiger partial charge on any atom is 0.122 e. The molecule has 0 unspecified atom stereocenters. The van der Waals surface area contributed by atoms with E-state index < -0.39 is 0 Å². The van der Waals surface area contributed by atoms with Gasteiger partial charge in [0, 0.05) is 17.1 Å². The molecule has 1 heterocycles. The van der Waals surface area contributed by atoms with Crippen molar-refractivity contribution in [3.8, 4) is 11.8 Å². The lowest BCUT2D eigenvalue weighted by molar-refractivity contribution is 0.296. The van der Waals surface area contributed by atoms with Gasteiger partial charge in [-0.15, -0.1) is 0 Å². The first-order valence-corrected chi connectivity index (χ1v) is 8.76. The molecule has 5 heteroatoms. The summed E-state index contributed by atoms with van der Waals surface area (Å²) in [6.07, 6.45) is 0.677. The minimum absolute atomic E-state index is 0.436. The van der Waals surface area contributed by atoms with Crippen molar-refractivity contribution >= 4 is 17.3 Å². The second kappa shape index (κ2) is 7.99. The minimum atomic E-state index is 0.436. The maximum absolute atomic E-state index is 9.43. The van der Waals surface area contributed by atoms with Gasteiger partial charge < -0.3 is 15.0 Å². The first kappa shape index (κ1) is 17.9. The molecule has 26 heavy (non-hydrogen) atoms. The van der Waals surface area contributed by atoms with E-state index in [9.17, 15) is 5.26 Å². The van der Waals surface area contributed by atoms with E-state index in [1.165, 1.54) is 11.1 Å². The lowest BCUT2D eigenvalue weighted by Crippen LogP contribution is -2.13. The Labute approximate surface area is 158 Å². The Kier molecular flexibility index (Phi) is 5.50. The van der Waals surface area contributed by atoms with Crippen LogP contribution in [0.5, 0.6) is 5.75 Å². The van der Waals surface area contributed by atoms with Crippen molar-refractivity contribution in [3.63, 3.8) is 0 Å². The lowest BCUT2D eigenvalue weighted by Gasteiger charge is -2.13. The summed E-state index contributed by atoms with van der Waals surface area (Å²) in [7, 11) is 0. The van der Waals surface area contributed by atoms with Crippen LogP contribution in [-0.2, 0) is 13.0 Å². The van der Waals surface area contributed by atoms with Gasteiger partial charge in [0.05, 0.1) is 12.2 Å². The number of ether oxygens (including phenoxy) is 1. The second-order valence-electron chi connectivity index (χ2n) is 6.16. The molecule has 0 saturated carbocycles. The van der Waals surface area contributed by atoms with Crippen LogP contribution >= 0.6 is 11.6 Å². The summed E-state index contributed by atoms with van der Waals surface area (Å²) in [4.78, 5) is 0. The predicted octanol–water partition coefficient (Wildman–Crippen LogP) is 4.57. The molecule has 0 fully saturated rings. The molecule has 132 valence electrons. The molecule has 0 aliphatic rings. The number of hydrogen-bond acceptors (Lipinski definition) is 3. The highest BCUT2D eigenvalue weighted by atomic mass is 35.5. The Morgan fingerprint density at radius 1 is 1.15 bits per heavy atom. The van der Waals surface area contributed by atoms with Crippen molar-refractivity contribution in [2.45, 2.75) is 19.9 Å². The van der Waals surface area contributed by atoms with E-state index >= 15 is 0 Å². The number of anilines is 1. The number of halogens is 1. The number of nitrogens with two attached hydrogens (primary N) is 1. The number of aromatic nitrogens is 1. The summed E-state index contributed by atoms with van der Waals surface area (Å²) in [5.41, 5.74) is 10.7. The predicted molar refractivity (Wildman–Crippen MR) is 104 cm³/mol. The quantitative estimate of drug-likeness (QED) is 0.695. The summed E-state index contributed by atoms with van der Waals surface area (Å²) < 4.78 is 7.71. The molecule has 0 radical (unpaired) electrons. The van der Waals surface area contributed by atoms with Crippen LogP contribution in [0.4, 0.5) is 5.69 Å². The summed E-state index contributed by atoms with van der Waals surface area (Å²) in [5, 5.41) is 10.1. The first-order chi connectivity index (χ1) is 12.6. The molecular weight excluding hydrogens is 346 g/mol. The monoisotopic (exact) mass is 365 g/mol. The standard InChI is InChI=1S/C21H20ClN3O/c1-15-3-2-4-16(11-15)12-21-20(24)13-18(14-23)25(21)9-10-26-19-7-5-17(22)6-8-19/h2-8,11,13H,9-10,12,24H2,1H3. The van der Waals surface area contributed by atoms with Gasteiger partial charge >= 0.3 is 0 Å². The molecule has 4 nitrogen and oxygen atoms in total. The third-order valence-electron chi connectivity index (χ3n) is 4.21. The van der Waals surface area contributed by atoms with Gasteiger partial charge in [-0.05, 0) is 42.8 Å². The van der Waals surface area contributed by atoms with Gasteiger partial charge in [-0.1, -0.05) is 41.4 Å². The smallest absolute Gasteiger partial charge is 0.122 e. The molecule has 1 aromatic heterocycles. The van der Waals surface area contributed by atoms with Crippen molar-refractivity contribution in [1.82, 2.24) is 4.57 Å². The zero-order chi connectivity index (χ0) is 18.5. The molecule has 0 aliphatic carbocycles. The van der Waals surface area contributed by atoms with Gasteiger partial charge in [-0.25, -0.2) is 0 Å². The molecular formula is C21H20ClN3O. The van der Waals surface area contributed by atoms with E-state index in [1.54, 1.807) is 18.2 Å². The first-order valence-electron chi connectivity index (χ1n) is 8.38. The van der Waals surface area contributed by atoms with Crippen LogP contribution in [0.25, 0.3) is 0 Å². The van der Waals surface area contributed by atoms with Crippen molar-refractivity contribution in [1.29, 1.82) is 5.26 Å². The maximum atomic E-state index is 9.43. The number of rotatable bonds is 6. The van der Waals surface area contributed by atoms with Crippen LogP contribution in [0.15, 0.2) is 54.6 Å². The van der Waals surface area contributed by atoms with Crippen LogP contribution < -0.4 is 10.5 Å². The number of benzene rings is 2. The summed E-state index contributed by atoms with van der Waals surface area (Å²) in [5.74, 6) is 0.744. The van der Waals surface area contributed by atoms with E-state index in [0.29, 0.717) is 36.0 Å². The van der Waals surface area contributed by atoms with Crippen molar-refractivity contribution < 1.29 is 4.74 Å². The van der Waals surface area contributed by atoms with E-state index in [0.717, 1.165) is 11.4 Å². The van der Waals surface area contributed by atoms with Gasteiger partial charge in [-0.2, -0.15) is 5.26 Å². The highest BCUT2D eigenvalue weighted by Crippen LogP contribution is 2.22. The highest BCUT2D eigenvalue weighted by molar-refractivity contribution is 6.30. The average molecular weight is 366 g/mol. The van der Waals surface area contributed by atoms with Gasteiger partial charge in [0.15, 0.2) is 0 Å². The molecule has 0 saturated heterocycles. The van der Waals surface area contributed by atoms with Crippen LogP contribution in [0.3, 0.4) is 0 Å². The van der Waals surface area contributed by atoms with Gasteiger partial charge in [0.1, 0.15) is 24.1 Å². The summed E-state index contributed by atoms with van der Waals surface area (Å²) in [6.45, 7) is 3.04. The molecule has 0 bridgehead atoms. The summed E-state index contributed by atoms with van der Waals surface area (Å²) in [6, 6.07) is 19.5. The van der Waals surface area contributed by atoms with E-state index in [-0.39, 0.29) is 0 Å². The van der Waals surface area contributed by atoms with Crippen LogP contribution in [0, 0.1) is 18.3 Å². The van der Waals surface area contributed by atoms with Gasteiger partial charge in [-0.3, -0.25) is 0 Å². The Morgan fingerprint density at radius 3 is 2.62 bits per heavy atom. The van der Waals surface area contributed by atoms with Crippen LogP contribution in [-0.4, -0.2) is 11.2 Å². The fourth-order valence-corrected chi connectivity index (χ4v) is 3.08. The zero-order valence-corrected chi connectivity index (χ0v) is 15.3. The number of nitrogen functional groups attached to an aromatic ring is 1. The molecule has 3 aromatic rings. The van der Waals surface area contributed by atoms with Crippen molar-refractivity contribution in [3.05, 3.63) is 82.1 Å². The van der Waals surface area contributed by atoms with Crippen LogP contribution in [0.2, 0.25) is 5.02 Å². The van der Waals surface area contributed by atoms with E-state index in [4.69, 9.17) is 22.1 Å². The molecule has 2 aromatic carbocycles. The topological polar surface area (TPSA) is 64.0 Å². The average Bonchev–Trinajstić information content (AvgIpc) is 2.92. The SMILES string of the molecule is Cc1cccc(Cc2c(N)cc(C#N)n2CCOc2ccc(Cl)cc2)c1. The number of nitriles is 1. The lowest BCUT2D eigenvalue weighted by atomic mass is 10.1. The second-order valence-corrected chi connectivity index (χ2v) is 6.60. The van der Waals surface area contributed by atoms with Crippen molar-refractivity contribution in [2.75, 3.05) is 12.3 Å². The number of nitrogens with zero attached hydrogens (tertiary/aromatic N) is 2. The largest absolute Gasteiger partial charge is 0.492 e. The van der Waals surface area contributed by atoms with Crippen LogP contribution in [0.1, 0.15) is 22.5 Å². The van der Waals surface area contributed by atoms with E-state index in [2.05, 4.69) is 31.2 Å². The Morgan fingerprint density at radius 2 is 1.92 bits per heavy atom. The molecule has 0 amide bonds. The molecule has 0 aliphatic heterocycles. The fraction of sp³-hybridized carbons (Fsp3) is 0.190. The fourth-order valence-electron chi connectivity index (χ4n) is 2.96. The third-order valence-corrected chi connectivity index (χ3v) is 4.46. The third kappa shape index (κ3) is 4.19. The highest BCUT2D eigenvalue weighted by Gasteiger charge is 2.14. The normalized spacial score (nSPS) is 10.5. The van der Waals surface area contributed by atoms with Crippen molar-refractivity contribution in [2.24, 2.45) is 0 Å². The van der Waals surface area contributed by atoms with Gasteiger partial charge in [0.25, 0.3) is 0 Å². The minimum Gasteiger partial charge on any atom is -0.492 e. The Hall–Kier alpha value is -2.90. The zero-order valence-electron chi connectivity index (χ0n) is 14.6. The Bertz CT molecular complexity index is 939. The number of hydrogen-bond donors (Lipinski definition) is 1. The molecule has 2 N–H and O–H groups in total. The summed E-state index contributed by atoms with van der Waals surface area (Å²) >= 11 is 5.88. The molecule has 0 spiro atoms. The van der Waals surface area contributed by atoms with Gasteiger partial charge in [0.2, 0.25) is 0 Å². The molecule has 0 atom stereocenters. The van der Waals surface area contributed by atoms with E-state index in [1.807, 2.05) is 22.8 Å².